The minimum absolute atomic E-state index is 0.0120. The highest BCUT2D eigenvalue weighted by atomic mass is 16.5. The van der Waals surface area contributed by atoms with Crippen LogP contribution in [0.2, 0.25) is 0 Å². The van der Waals surface area contributed by atoms with Crippen molar-refractivity contribution in [2.45, 2.75) is 32.9 Å². The van der Waals surface area contributed by atoms with Gasteiger partial charge in [0.15, 0.2) is 0 Å². The summed E-state index contributed by atoms with van der Waals surface area (Å²) in [6.45, 7) is 6.71. The van der Waals surface area contributed by atoms with E-state index in [1.165, 1.54) is 0 Å². The average Bonchev–Trinajstić information content (AvgIpc) is 2.64. The first kappa shape index (κ1) is 17.9. The highest BCUT2D eigenvalue weighted by Gasteiger charge is 2.29. The Kier molecular flexibility index (Phi) is 4.94. The first-order chi connectivity index (χ1) is 12.4. The van der Waals surface area contributed by atoms with Gasteiger partial charge in [-0.1, -0.05) is 36.4 Å². The van der Waals surface area contributed by atoms with Crippen molar-refractivity contribution in [1.82, 2.24) is 9.88 Å². The Balaban J connectivity index is 2.06. The molecular weight excluding hydrogens is 324 g/mol. The highest BCUT2D eigenvalue weighted by molar-refractivity contribution is 6.07. The maximum absolute atomic E-state index is 13.5. The lowest BCUT2D eigenvalue weighted by Crippen LogP contribution is -2.45. The molecule has 1 heterocycles. The molecule has 0 N–H and O–H groups in total. The van der Waals surface area contributed by atoms with Crippen LogP contribution in [0.3, 0.4) is 0 Å². The molecule has 1 aromatic heterocycles. The third-order valence-electron chi connectivity index (χ3n) is 4.42. The average molecular weight is 348 g/mol. The molecule has 1 amide bonds. The van der Waals surface area contributed by atoms with Crippen LogP contribution in [0.4, 0.5) is 0 Å². The normalized spacial score (nSPS) is 11.4. The molecule has 3 rings (SSSR count). The van der Waals surface area contributed by atoms with Gasteiger partial charge in [0, 0.05) is 29.2 Å². The fraction of sp³-hybridized carbons (Fsp3) is 0.273. The molecule has 4 heteroatoms. The maximum Gasteiger partial charge on any atom is 0.255 e. The second-order valence-electron chi connectivity index (χ2n) is 7.26. The first-order valence-corrected chi connectivity index (χ1v) is 8.69. The van der Waals surface area contributed by atoms with E-state index in [4.69, 9.17) is 4.74 Å². The molecule has 0 aliphatic rings. The van der Waals surface area contributed by atoms with Gasteiger partial charge in [-0.05, 0) is 44.5 Å². The highest BCUT2D eigenvalue weighted by Crippen LogP contribution is 2.29. The molecule has 0 aliphatic carbocycles. The lowest BCUT2D eigenvalue weighted by atomic mass is 10.00. The molecule has 0 unspecified atom stereocenters. The summed E-state index contributed by atoms with van der Waals surface area (Å²) in [5, 5.41) is 0.805. The standard InChI is InChI=1S/C22H24N2O2/c1-22(2,3)24(15-16-9-6-5-7-10-16)21(25)18-12-13-19(26-4)20-17(18)11-8-14-23-20/h5-14H,15H2,1-4H3. The monoisotopic (exact) mass is 348 g/mol. The second kappa shape index (κ2) is 7.16. The maximum atomic E-state index is 13.5. The van der Waals surface area contributed by atoms with Crippen LogP contribution in [-0.4, -0.2) is 28.4 Å². The minimum Gasteiger partial charge on any atom is -0.494 e. The molecule has 0 atom stereocenters. The number of nitrogens with zero attached hydrogens (tertiary/aromatic N) is 2. The molecule has 4 nitrogen and oxygen atoms in total. The number of hydrogen-bond donors (Lipinski definition) is 0. The Morgan fingerprint density at radius 3 is 2.42 bits per heavy atom. The lowest BCUT2D eigenvalue weighted by Gasteiger charge is -2.36. The predicted octanol–water partition coefficient (Wildman–Crippen LogP) is 4.68. The van der Waals surface area contributed by atoms with Gasteiger partial charge in [-0.15, -0.1) is 0 Å². The van der Waals surface area contributed by atoms with Crippen molar-refractivity contribution in [2.75, 3.05) is 7.11 Å². The van der Waals surface area contributed by atoms with Crippen LogP contribution >= 0.6 is 0 Å². The Hall–Kier alpha value is -2.88. The van der Waals surface area contributed by atoms with Gasteiger partial charge in [0.1, 0.15) is 11.3 Å². The number of hydrogen-bond acceptors (Lipinski definition) is 3. The van der Waals surface area contributed by atoms with Crippen molar-refractivity contribution in [3.05, 3.63) is 71.9 Å². The van der Waals surface area contributed by atoms with Crippen molar-refractivity contribution in [1.29, 1.82) is 0 Å². The molecule has 0 radical (unpaired) electrons. The van der Waals surface area contributed by atoms with E-state index in [1.54, 1.807) is 13.3 Å². The predicted molar refractivity (Wildman–Crippen MR) is 104 cm³/mol. The van der Waals surface area contributed by atoms with Gasteiger partial charge < -0.3 is 9.64 Å². The molecule has 0 fully saturated rings. The number of methoxy groups -OCH3 is 1. The second-order valence-corrected chi connectivity index (χ2v) is 7.26. The van der Waals surface area contributed by atoms with Gasteiger partial charge in [0.25, 0.3) is 5.91 Å². The van der Waals surface area contributed by atoms with E-state index in [0.29, 0.717) is 23.4 Å². The number of pyridine rings is 1. The summed E-state index contributed by atoms with van der Waals surface area (Å²) in [4.78, 5) is 19.8. The van der Waals surface area contributed by atoms with Crippen LogP contribution < -0.4 is 4.74 Å². The van der Waals surface area contributed by atoms with Gasteiger partial charge in [0.05, 0.1) is 7.11 Å². The molecule has 26 heavy (non-hydrogen) atoms. The SMILES string of the molecule is COc1ccc(C(=O)N(Cc2ccccc2)C(C)(C)C)c2cccnc12. The quantitative estimate of drug-likeness (QED) is 0.687. The third-order valence-corrected chi connectivity index (χ3v) is 4.42. The van der Waals surface area contributed by atoms with Crippen LogP contribution in [-0.2, 0) is 6.54 Å². The van der Waals surface area contributed by atoms with E-state index < -0.39 is 0 Å². The third kappa shape index (κ3) is 3.54. The summed E-state index contributed by atoms with van der Waals surface area (Å²) in [6, 6.07) is 17.5. The zero-order chi connectivity index (χ0) is 18.7. The zero-order valence-corrected chi connectivity index (χ0v) is 15.7. The Morgan fingerprint density at radius 2 is 1.77 bits per heavy atom. The zero-order valence-electron chi connectivity index (χ0n) is 15.7. The molecule has 0 bridgehead atoms. The van der Waals surface area contributed by atoms with Crippen molar-refractivity contribution >= 4 is 16.8 Å². The molecule has 0 saturated heterocycles. The van der Waals surface area contributed by atoms with Crippen molar-refractivity contribution in [3.63, 3.8) is 0 Å². The summed E-state index contributed by atoms with van der Waals surface area (Å²) in [5.41, 5.74) is 2.13. The van der Waals surface area contributed by atoms with Gasteiger partial charge in [-0.25, -0.2) is 0 Å². The van der Waals surface area contributed by atoms with Gasteiger partial charge in [0.2, 0.25) is 0 Å². The topological polar surface area (TPSA) is 42.4 Å². The van der Waals surface area contributed by atoms with E-state index >= 15 is 0 Å². The summed E-state index contributed by atoms with van der Waals surface area (Å²) in [6.07, 6.45) is 1.71. The van der Waals surface area contributed by atoms with Crippen LogP contribution in [0.15, 0.2) is 60.8 Å². The summed E-state index contributed by atoms with van der Waals surface area (Å²) in [7, 11) is 1.61. The van der Waals surface area contributed by atoms with Crippen LogP contribution in [0.25, 0.3) is 10.9 Å². The van der Waals surface area contributed by atoms with Crippen molar-refractivity contribution in [3.8, 4) is 5.75 Å². The van der Waals surface area contributed by atoms with Crippen LogP contribution in [0, 0.1) is 0 Å². The van der Waals surface area contributed by atoms with Gasteiger partial charge in [-0.2, -0.15) is 0 Å². The molecule has 0 aliphatic heterocycles. The minimum atomic E-state index is -0.318. The number of ether oxygens (including phenoxy) is 1. The molecular formula is C22H24N2O2. The van der Waals surface area contributed by atoms with Crippen molar-refractivity contribution < 1.29 is 9.53 Å². The summed E-state index contributed by atoms with van der Waals surface area (Å²) >= 11 is 0. The number of rotatable bonds is 4. The number of amides is 1. The summed E-state index contributed by atoms with van der Waals surface area (Å²) < 4.78 is 5.40. The molecule has 134 valence electrons. The number of fused-ring (bicyclic) bond motifs is 1. The number of aromatic nitrogens is 1. The molecule has 0 spiro atoms. The van der Waals surface area contributed by atoms with Gasteiger partial charge in [-0.3, -0.25) is 9.78 Å². The van der Waals surface area contributed by atoms with E-state index in [1.807, 2.05) is 59.5 Å². The molecule has 2 aromatic carbocycles. The first-order valence-electron chi connectivity index (χ1n) is 8.69. The number of carbonyl (C=O) groups excluding carboxylic acids is 1. The summed E-state index contributed by atoms with van der Waals surface area (Å²) in [5.74, 6) is 0.657. The van der Waals surface area contributed by atoms with E-state index in [0.717, 1.165) is 10.9 Å². The molecule has 3 aromatic rings. The van der Waals surface area contributed by atoms with E-state index in [9.17, 15) is 4.79 Å². The smallest absolute Gasteiger partial charge is 0.255 e. The lowest BCUT2D eigenvalue weighted by molar-refractivity contribution is 0.0561. The van der Waals surface area contributed by atoms with Gasteiger partial charge >= 0.3 is 0 Å². The molecule has 0 saturated carbocycles. The number of benzene rings is 2. The van der Waals surface area contributed by atoms with Crippen LogP contribution in [0.1, 0.15) is 36.7 Å². The largest absolute Gasteiger partial charge is 0.494 e. The number of carbonyl (C=O) groups is 1. The fourth-order valence-electron chi connectivity index (χ4n) is 3.02. The Labute approximate surface area is 154 Å². The van der Waals surface area contributed by atoms with Crippen LogP contribution in [0.5, 0.6) is 5.75 Å². The fourth-order valence-corrected chi connectivity index (χ4v) is 3.02. The van der Waals surface area contributed by atoms with E-state index in [2.05, 4.69) is 25.8 Å². The Bertz CT molecular complexity index is 914. The Morgan fingerprint density at radius 1 is 1.04 bits per heavy atom. The van der Waals surface area contributed by atoms with E-state index in [-0.39, 0.29) is 11.4 Å². The van der Waals surface area contributed by atoms with Crippen molar-refractivity contribution in [2.24, 2.45) is 0 Å².